The molecule has 22 heavy (non-hydrogen) atoms. The number of hydrogen-bond acceptors (Lipinski definition) is 3. The summed E-state index contributed by atoms with van der Waals surface area (Å²) in [5, 5.41) is 2.92. The normalized spacial score (nSPS) is 10.2. The van der Waals surface area contributed by atoms with Gasteiger partial charge in [-0.25, -0.2) is 4.98 Å². The maximum absolute atomic E-state index is 12.1. The number of rotatable bonds is 6. The van der Waals surface area contributed by atoms with Crippen molar-refractivity contribution in [2.24, 2.45) is 0 Å². The molecule has 0 atom stereocenters. The van der Waals surface area contributed by atoms with Gasteiger partial charge in [-0.15, -0.1) is 24.8 Å². The van der Waals surface area contributed by atoms with Crippen molar-refractivity contribution in [2.75, 3.05) is 26.2 Å². The topological polar surface area (TPSA) is 49.6 Å². The van der Waals surface area contributed by atoms with Gasteiger partial charge in [0.05, 0.1) is 0 Å². The van der Waals surface area contributed by atoms with Crippen LogP contribution in [0.2, 0.25) is 0 Å². The average molecular weight is 459 g/mol. The Morgan fingerprint density at radius 2 is 1.95 bits per heavy atom. The lowest BCUT2D eigenvalue weighted by Crippen LogP contribution is -2.34. The van der Waals surface area contributed by atoms with Crippen LogP contribution in [0.1, 0.15) is 24.3 Å². The van der Waals surface area contributed by atoms with Crippen molar-refractivity contribution >= 4 is 59.0 Å². The van der Waals surface area contributed by atoms with Crippen LogP contribution in [0.3, 0.4) is 0 Å². The number of carbonyl (C=O) groups is 1. The number of hydrogen-bond donors (Lipinski definition) is 1. The minimum atomic E-state index is -0.115. The molecule has 0 bridgehead atoms. The molecule has 0 spiro atoms. The highest BCUT2D eigenvalue weighted by atomic mass is 127. The van der Waals surface area contributed by atoms with Gasteiger partial charge in [-0.05, 0) is 47.8 Å². The Bertz CT molecular complexity index is 602. The molecule has 0 saturated carbocycles. The predicted molar refractivity (Wildman–Crippen MR) is 103 cm³/mol. The summed E-state index contributed by atoms with van der Waals surface area (Å²) in [7, 11) is 0. The van der Waals surface area contributed by atoms with Gasteiger partial charge in [0.1, 0.15) is 11.3 Å². The zero-order valence-corrected chi connectivity index (χ0v) is 16.4. The van der Waals surface area contributed by atoms with Gasteiger partial charge in [0.15, 0.2) is 0 Å². The summed E-state index contributed by atoms with van der Waals surface area (Å²) in [5.41, 5.74) is 1.26. The van der Waals surface area contributed by atoms with E-state index < -0.39 is 0 Å². The Hall–Kier alpha value is -0.570. The molecule has 0 aliphatic heterocycles. The molecule has 0 fully saturated rings. The average Bonchev–Trinajstić information content (AvgIpc) is 2.86. The predicted octanol–water partition coefficient (Wildman–Crippen LogP) is 2.85. The molecular formula is C14H21Cl2IN4O. The standard InChI is InChI=1S/C14H19IN4O.2ClH/c1-3-18(4-2)8-7-16-14(20)12-10-19-9-11(15)5-6-13(19)17-12;;/h5-6,9-10H,3-4,7-8H2,1-2H3,(H,16,20);2*1H. The molecule has 124 valence electrons. The van der Waals surface area contributed by atoms with Gasteiger partial charge in [0.25, 0.3) is 5.91 Å². The van der Waals surface area contributed by atoms with Crippen LogP contribution in [-0.4, -0.2) is 46.4 Å². The van der Waals surface area contributed by atoms with Crippen molar-refractivity contribution in [1.82, 2.24) is 19.6 Å². The highest BCUT2D eigenvalue weighted by molar-refractivity contribution is 14.1. The molecule has 0 unspecified atom stereocenters. The number of carbonyl (C=O) groups excluding carboxylic acids is 1. The van der Waals surface area contributed by atoms with E-state index in [1.807, 2.05) is 22.7 Å². The molecule has 2 heterocycles. The number of imidazole rings is 1. The van der Waals surface area contributed by atoms with E-state index in [0.717, 1.165) is 28.9 Å². The van der Waals surface area contributed by atoms with Crippen LogP contribution in [0.15, 0.2) is 24.5 Å². The summed E-state index contributed by atoms with van der Waals surface area (Å²) in [4.78, 5) is 18.6. The van der Waals surface area contributed by atoms with Crippen LogP contribution >= 0.6 is 47.4 Å². The lowest BCUT2D eigenvalue weighted by Gasteiger charge is -2.17. The first-order chi connectivity index (χ1) is 9.63. The fourth-order valence-electron chi connectivity index (χ4n) is 2.03. The van der Waals surface area contributed by atoms with Gasteiger partial charge in [-0.3, -0.25) is 4.79 Å². The zero-order valence-electron chi connectivity index (χ0n) is 12.6. The second-order valence-electron chi connectivity index (χ2n) is 4.52. The Morgan fingerprint density at radius 3 is 2.59 bits per heavy atom. The minimum absolute atomic E-state index is 0. The van der Waals surface area contributed by atoms with Crippen LogP contribution in [0, 0.1) is 3.57 Å². The quantitative estimate of drug-likeness (QED) is 0.677. The molecule has 2 aromatic rings. The minimum Gasteiger partial charge on any atom is -0.349 e. The molecule has 0 aromatic carbocycles. The highest BCUT2D eigenvalue weighted by Crippen LogP contribution is 2.09. The van der Waals surface area contributed by atoms with Crippen LogP contribution in [-0.2, 0) is 0 Å². The van der Waals surface area contributed by atoms with Gasteiger partial charge in [-0.1, -0.05) is 13.8 Å². The molecule has 1 N–H and O–H groups in total. The number of amides is 1. The second kappa shape index (κ2) is 10.3. The molecule has 0 aliphatic rings. The van der Waals surface area contributed by atoms with E-state index in [4.69, 9.17) is 0 Å². The van der Waals surface area contributed by atoms with Crippen LogP contribution in [0.25, 0.3) is 5.65 Å². The third-order valence-corrected chi connectivity index (χ3v) is 3.89. The number of pyridine rings is 1. The van der Waals surface area contributed by atoms with Crippen molar-refractivity contribution in [2.45, 2.75) is 13.8 Å². The number of likely N-dealkylation sites (N-methyl/N-ethyl adjacent to an activating group) is 1. The molecule has 8 heteroatoms. The fourth-order valence-corrected chi connectivity index (χ4v) is 2.51. The van der Waals surface area contributed by atoms with E-state index in [9.17, 15) is 4.79 Å². The van der Waals surface area contributed by atoms with Gasteiger partial charge in [-0.2, -0.15) is 0 Å². The molecule has 1 amide bonds. The van der Waals surface area contributed by atoms with Crippen LogP contribution in [0.5, 0.6) is 0 Å². The third kappa shape index (κ3) is 5.57. The van der Waals surface area contributed by atoms with Gasteiger partial charge in [0, 0.05) is 29.1 Å². The van der Waals surface area contributed by atoms with E-state index in [-0.39, 0.29) is 30.7 Å². The molecule has 0 saturated heterocycles. The van der Waals surface area contributed by atoms with Crippen molar-refractivity contribution in [3.63, 3.8) is 0 Å². The first-order valence-corrected chi connectivity index (χ1v) is 7.86. The van der Waals surface area contributed by atoms with E-state index >= 15 is 0 Å². The molecule has 2 rings (SSSR count). The highest BCUT2D eigenvalue weighted by Gasteiger charge is 2.10. The number of halogens is 3. The molecule has 5 nitrogen and oxygen atoms in total. The summed E-state index contributed by atoms with van der Waals surface area (Å²) in [6, 6.07) is 3.89. The Balaban J connectivity index is 0.00000220. The Morgan fingerprint density at radius 1 is 1.27 bits per heavy atom. The number of nitrogens with one attached hydrogen (secondary N) is 1. The van der Waals surface area contributed by atoms with Gasteiger partial charge >= 0.3 is 0 Å². The summed E-state index contributed by atoms with van der Waals surface area (Å²) in [5.74, 6) is -0.115. The largest absolute Gasteiger partial charge is 0.349 e. The number of fused-ring (bicyclic) bond motifs is 1. The van der Waals surface area contributed by atoms with Crippen molar-refractivity contribution in [1.29, 1.82) is 0 Å². The molecular weight excluding hydrogens is 438 g/mol. The van der Waals surface area contributed by atoms with E-state index in [1.165, 1.54) is 0 Å². The van der Waals surface area contributed by atoms with Crippen molar-refractivity contribution < 1.29 is 4.79 Å². The summed E-state index contributed by atoms with van der Waals surface area (Å²) < 4.78 is 2.99. The zero-order chi connectivity index (χ0) is 14.5. The molecule has 2 aromatic heterocycles. The first-order valence-electron chi connectivity index (χ1n) is 6.78. The lowest BCUT2D eigenvalue weighted by atomic mass is 10.4. The maximum Gasteiger partial charge on any atom is 0.271 e. The third-order valence-electron chi connectivity index (χ3n) is 3.26. The number of aromatic nitrogens is 2. The monoisotopic (exact) mass is 458 g/mol. The van der Waals surface area contributed by atoms with Crippen molar-refractivity contribution in [3.8, 4) is 0 Å². The smallest absolute Gasteiger partial charge is 0.271 e. The molecule has 0 radical (unpaired) electrons. The van der Waals surface area contributed by atoms with E-state index in [0.29, 0.717) is 12.2 Å². The van der Waals surface area contributed by atoms with Gasteiger partial charge in [0.2, 0.25) is 0 Å². The Kier molecular flexibility index (Phi) is 9.99. The van der Waals surface area contributed by atoms with Gasteiger partial charge < -0.3 is 14.6 Å². The van der Waals surface area contributed by atoms with Crippen molar-refractivity contribution in [3.05, 3.63) is 33.8 Å². The first kappa shape index (κ1) is 21.4. The summed E-state index contributed by atoms with van der Waals surface area (Å²) in [6.07, 6.45) is 3.72. The summed E-state index contributed by atoms with van der Waals surface area (Å²) in [6.45, 7) is 7.75. The van der Waals surface area contributed by atoms with E-state index in [2.05, 4.69) is 51.6 Å². The summed E-state index contributed by atoms with van der Waals surface area (Å²) >= 11 is 2.24. The van der Waals surface area contributed by atoms with Crippen LogP contribution in [0.4, 0.5) is 0 Å². The van der Waals surface area contributed by atoms with E-state index in [1.54, 1.807) is 6.20 Å². The molecule has 0 aliphatic carbocycles. The Labute approximate surface area is 156 Å². The fraction of sp³-hybridized carbons (Fsp3) is 0.429. The van der Waals surface area contributed by atoms with Crippen LogP contribution < -0.4 is 5.32 Å². The number of nitrogens with zero attached hydrogens (tertiary/aromatic N) is 3. The lowest BCUT2D eigenvalue weighted by molar-refractivity contribution is 0.0944. The SMILES string of the molecule is CCN(CC)CCNC(=O)c1cn2cc(I)ccc2n1.Cl.Cl. The second-order valence-corrected chi connectivity index (χ2v) is 5.77. The maximum atomic E-state index is 12.1.